The van der Waals surface area contributed by atoms with Gasteiger partial charge in [-0.3, -0.25) is 4.79 Å². The molecule has 0 atom stereocenters. The number of halogens is 8. The number of esters is 1. The summed E-state index contributed by atoms with van der Waals surface area (Å²) in [6, 6.07) is 0. The third-order valence-electron chi connectivity index (χ3n) is 1.70. The highest BCUT2D eigenvalue weighted by atomic mass is 32.1. The minimum atomic E-state index is -6.37. The van der Waals surface area contributed by atoms with Gasteiger partial charge in [-0.25, -0.2) is 8.78 Å². The Morgan fingerprint density at radius 1 is 1.11 bits per heavy atom. The molecule has 0 aromatic rings. The first-order valence-electron chi connectivity index (χ1n) is 4.08. The van der Waals surface area contributed by atoms with Gasteiger partial charge in [0.1, 0.15) is 0 Å². The molecule has 0 saturated heterocycles. The Morgan fingerprint density at radius 3 is 1.89 bits per heavy atom. The molecule has 0 saturated carbocycles. The van der Waals surface area contributed by atoms with Crippen LogP contribution in [0, 0.1) is 0 Å². The number of hydrogen-bond acceptors (Lipinski definition) is 3. The Kier molecular flexibility index (Phi) is 5.27. The Labute approximate surface area is 101 Å². The fraction of sp³-hybridized carbons (Fsp3) is 0.857. The zero-order valence-electron chi connectivity index (χ0n) is 8.28. The highest BCUT2D eigenvalue weighted by molar-refractivity contribution is 7.81. The largest absolute Gasteiger partial charge is 0.458 e. The van der Waals surface area contributed by atoms with Gasteiger partial charge in [-0.2, -0.15) is 39.0 Å². The Bertz CT molecular complexity index is 306. The molecule has 0 radical (unpaired) electrons. The van der Waals surface area contributed by atoms with Gasteiger partial charge >= 0.3 is 30.2 Å². The minimum Gasteiger partial charge on any atom is -0.458 e. The van der Waals surface area contributed by atoms with E-state index in [4.69, 9.17) is 0 Å². The second-order valence-corrected chi connectivity index (χ2v) is 3.34. The molecule has 0 rings (SSSR count). The molecule has 0 bridgehead atoms. The molecule has 0 heterocycles. The maximum Gasteiger partial charge on any atom is 0.381 e. The number of ether oxygens (including phenoxy) is 1. The van der Waals surface area contributed by atoms with E-state index in [0.29, 0.717) is 0 Å². The smallest absolute Gasteiger partial charge is 0.381 e. The van der Waals surface area contributed by atoms with Crippen LogP contribution in [0.1, 0.15) is 0 Å². The number of carbonyl (C=O) groups excluding carboxylic acids is 1. The van der Waals surface area contributed by atoms with Gasteiger partial charge in [0.25, 0.3) is 0 Å². The van der Waals surface area contributed by atoms with Crippen LogP contribution < -0.4 is 0 Å². The first-order valence-corrected chi connectivity index (χ1v) is 4.71. The molecule has 11 heteroatoms. The van der Waals surface area contributed by atoms with Gasteiger partial charge in [0, 0.05) is 0 Å². The minimum absolute atomic E-state index is 0.771. The molecule has 18 heavy (non-hydrogen) atoms. The highest BCUT2D eigenvalue weighted by Gasteiger charge is 2.75. The van der Waals surface area contributed by atoms with Crippen LogP contribution in [0.15, 0.2) is 0 Å². The quantitative estimate of drug-likeness (QED) is 0.464. The summed E-state index contributed by atoms with van der Waals surface area (Å²) in [4.78, 5) is 10.4. The lowest BCUT2D eigenvalue weighted by Crippen LogP contribution is -2.59. The molecule has 0 aliphatic rings. The molecule has 0 aliphatic heterocycles. The lowest BCUT2D eigenvalue weighted by atomic mass is 10.1. The van der Waals surface area contributed by atoms with E-state index in [2.05, 4.69) is 17.4 Å². The van der Waals surface area contributed by atoms with E-state index in [9.17, 15) is 39.9 Å². The summed E-state index contributed by atoms with van der Waals surface area (Å²) >= 11 is 3.23. The van der Waals surface area contributed by atoms with Crippen molar-refractivity contribution in [3.63, 3.8) is 0 Å². The summed E-state index contributed by atoms with van der Waals surface area (Å²) in [6.07, 6.45) is -5.00. The van der Waals surface area contributed by atoms with Crippen LogP contribution in [0.3, 0.4) is 0 Å². The molecule has 0 aliphatic carbocycles. The number of rotatable bonds is 6. The van der Waals surface area contributed by atoms with Crippen LogP contribution in [0.25, 0.3) is 0 Å². The molecule has 108 valence electrons. The van der Waals surface area contributed by atoms with Gasteiger partial charge in [-0.15, -0.1) is 0 Å². The van der Waals surface area contributed by atoms with Crippen molar-refractivity contribution in [3.05, 3.63) is 0 Å². The average Bonchev–Trinajstić information content (AvgIpc) is 2.25. The molecule has 0 spiro atoms. The SMILES string of the molecule is O=C(CS)OCC(F)(F)C(F)(F)C(F)(F)C(F)F. The van der Waals surface area contributed by atoms with E-state index >= 15 is 0 Å². The molecule has 2 nitrogen and oxygen atoms in total. The number of alkyl halides is 8. The van der Waals surface area contributed by atoms with E-state index < -0.39 is 42.5 Å². The molecule has 0 N–H and O–H groups in total. The fourth-order valence-corrected chi connectivity index (χ4v) is 0.780. The van der Waals surface area contributed by atoms with Gasteiger partial charge in [0.15, 0.2) is 6.61 Å². The van der Waals surface area contributed by atoms with Crippen LogP contribution in [-0.4, -0.2) is 42.5 Å². The van der Waals surface area contributed by atoms with E-state index in [1.807, 2.05) is 0 Å². The van der Waals surface area contributed by atoms with Crippen molar-refractivity contribution in [2.45, 2.75) is 24.2 Å². The summed E-state index contributed by atoms with van der Waals surface area (Å²) in [5.41, 5.74) is 0. The van der Waals surface area contributed by atoms with Crippen molar-refractivity contribution in [1.29, 1.82) is 0 Å². The third kappa shape index (κ3) is 3.18. The topological polar surface area (TPSA) is 26.3 Å². The van der Waals surface area contributed by atoms with Crippen LogP contribution in [0.5, 0.6) is 0 Å². The summed E-state index contributed by atoms with van der Waals surface area (Å²) in [6.45, 7) is -2.46. The van der Waals surface area contributed by atoms with E-state index in [1.165, 1.54) is 0 Å². The van der Waals surface area contributed by atoms with Crippen molar-refractivity contribution in [1.82, 2.24) is 0 Å². The lowest BCUT2D eigenvalue weighted by Gasteiger charge is -2.31. The lowest BCUT2D eigenvalue weighted by molar-refractivity contribution is -0.344. The average molecular weight is 306 g/mol. The predicted molar refractivity (Wildman–Crippen MR) is 45.7 cm³/mol. The highest BCUT2D eigenvalue weighted by Crippen LogP contribution is 2.48. The summed E-state index contributed by atoms with van der Waals surface area (Å²) < 4.78 is 102. The molecule has 0 fully saturated rings. The number of thiol groups is 1. The number of carbonyl (C=O) groups is 1. The van der Waals surface area contributed by atoms with Crippen LogP contribution in [-0.2, 0) is 9.53 Å². The second-order valence-electron chi connectivity index (χ2n) is 3.02. The maximum absolute atomic E-state index is 12.7. The number of hydrogen-bond donors (Lipinski definition) is 1. The van der Waals surface area contributed by atoms with Crippen molar-refractivity contribution >= 4 is 18.6 Å². The van der Waals surface area contributed by atoms with Gasteiger partial charge in [0.2, 0.25) is 0 Å². The van der Waals surface area contributed by atoms with Crippen molar-refractivity contribution < 1.29 is 44.7 Å². The van der Waals surface area contributed by atoms with E-state index in [1.54, 1.807) is 0 Å². The molecule has 0 aromatic heterocycles. The normalized spacial score (nSPS) is 13.9. The first-order chi connectivity index (χ1) is 7.90. The molecule has 0 unspecified atom stereocenters. The Balaban J connectivity index is 5.02. The van der Waals surface area contributed by atoms with Gasteiger partial charge < -0.3 is 4.74 Å². The molecule has 0 amide bonds. The van der Waals surface area contributed by atoms with Gasteiger partial charge in [-0.1, -0.05) is 0 Å². The van der Waals surface area contributed by atoms with E-state index in [0.717, 1.165) is 0 Å². The van der Waals surface area contributed by atoms with Crippen LogP contribution >= 0.6 is 12.6 Å². The van der Waals surface area contributed by atoms with E-state index in [-0.39, 0.29) is 0 Å². The molecule has 0 aromatic carbocycles. The summed E-state index contributed by atoms with van der Waals surface area (Å²) in [7, 11) is 0. The Morgan fingerprint density at radius 2 is 1.56 bits per heavy atom. The monoisotopic (exact) mass is 306 g/mol. The van der Waals surface area contributed by atoms with Crippen molar-refractivity contribution in [3.8, 4) is 0 Å². The summed E-state index contributed by atoms with van der Waals surface area (Å²) in [5, 5.41) is 0. The molecular formula is C7H6F8O2S. The third-order valence-corrected chi connectivity index (χ3v) is 1.95. The zero-order chi connectivity index (χ0) is 14.8. The van der Waals surface area contributed by atoms with Gasteiger partial charge in [0.05, 0.1) is 5.75 Å². The second kappa shape index (κ2) is 5.49. The van der Waals surface area contributed by atoms with Crippen molar-refractivity contribution in [2.24, 2.45) is 0 Å². The summed E-state index contributed by atoms with van der Waals surface area (Å²) in [5.74, 6) is -20.5. The van der Waals surface area contributed by atoms with Crippen LogP contribution in [0.4, 0.5) is 35.1 Å². The maximum atomic E-state index is 12.7. The van der Waals surface area contributed by atoms with Gasteiger partial charge in [-0.05, 0) is 0 Å². The fourth-order valence-electron chi connectivity index (χ4n) is 0.688. The van der Waals surface area contributed by atoms with Crippen LogP contribution in [0.2, 0.25) is 0 Å². The first kappa shape index (κ1) is 17.3. The Hall–Kier alpha value is -0.740. The zero-order valence-corrected chi connectivity index (χ0v) is 9.17. The predicted octanol–water partition coefficient (Wildman–Crippen LogP) is 2.63. The standard InChI is InChI=1S/C7H6F8O2S/c8-4(9)6(12,13)7(14,15)5(10,11)2-17-3(16)1-18/h4,18H,1-2H2. The molecular weight excluding hydrogens is 300 g/mol. The van der Waals surface area contributed by atoms with Crippen molar-refractivity contribution in [2.75, 3.05) is 12.4 Å².